The van der Waals surface area contributed by atoms with Gasteiger partial charge in [0.05, 0.1) is 17.4 Å². The molecule has 0 aliphatic heterocycles. The van der Waals surface area contributed by atoms with E-state index in [0.717, 1.165) is 40.7 Å². The Morgan fingerprint density at radius 3 is 2.61 bits per heavy atom. The average molecular weight is 483 g/mol. The summed E-state index contributed by atoms with van der Waals surface area (Å²) < 4.78 is 0. The van der Waals surface area contributed by atoms with Crippen LogP contribution >= 0.6 is 0 Å². The van der Waals surface area contributed by atoms with E-state index in [2.05, 4.69) is 37.2 Å². The zero-order valence-corrected chi connectivity index (χ0v) is 20.5. The van der Waals surface area contributed by atoms with Crippen molar-refractivity contribution in [1.82, 2.24) is 25.4 Å². The molecule has 1 unspecified atom stereocenters. The number of amides is 1. The molecule has 184 valence electrons. The molecule has 0 radical (unpaired) electrons. The number of H-pyrrole nitrogens is 1. The molecule has 1 atom stereocenters. The molecule has 8 heteroatoms. The first-order valence-electron chi connectivity index (χ1n) is 12.0. The molecule has 2 heterocycles. The van der Waals surface area contributed by atoms with Crippen LogP contribution in [0.2, 0.25) is 0 Å². The monoisotopic (exact) mass is 482 g/mol. The predicted molar refractivity (Wildman–Crippen MR) is 142 cm³/mol. The molecule has 2 aromatic heterocycles. The number of carbonyl (C=O) groups is 1. The highest BCUT2D eigenvalue weighted by molar-refractivity contribution is 5.95. The fourth-order valence-corrected chi connectivity index (χ4v) is 3.95. The van der Waals surface area contributed by atoms with Crippen LogP contribution < -0.4 is 11.1 Å². The van der Waals surface area contributed by atoms with Gasteiger partial charge in [-0.15, -0.1) is 0 Å². The summed E-state index contributed by atoms with van der Waals surface area (Å²) in [5, 5.41) is 21.8. The Morgan fingerprint density at radius 2 is 1.92 bits per heavy atom. The van der Waals surface area contributed by atoms with Gasteiger partial charge in [-0.2, -0.15) is 5.10 Å². The molecular weight excluding hydrogens is 452 g/mol. The molecule has 4 rings (SSSR count). The number of nitrogen functional groups attached to an aromatic ring is 1. The van der Waals surface area contributed by atoms with Crippen molar-refractivity contribution < 1.29 is 9.90 Å². The van der Waals surface area contributed by atoms with Gasteiger partial charge in [0.2, 0.25) is 0 Å². The van der Waals surface area contributed by atoms with E-state index < -0.39 is 6.10 Å². The number of nitrogens with one attached hydrogen (secondary N) is 2. The van der Waals surface area contributed by atoms with Crippen molar-refractivity contribution in [1.29, 1.82) is 0 Å². The van der Waals surface area contributed by atoms with Gasteiger partial charge < -0.3 is 21.1 Å². The minimum Gasteiger partial charge on any atom is -0.390 e. The molecule has 4 aromatic rings. The summed E-state index contributed by atoms with van der Waals surface area (Å²) in [5.41, 5.74) is 9.98. The highest BCUT2D eigenvalue weighted by Gasteiger charge is 2.12. The van der Waals surface area contributed by atoms with Crippen LogP contribution in [-0.2, 0) is 0 Å². The van der Waals surface area contributed by atoms with Gasteiger partial charge in [0.15, 0.2) is 0 Å². The molecule has 0 aliphatic carbocycles. The number of aromatic amines is 1. The number of aromatic nitrogens is 3. The quantitative estimate of drug-likeness (QED) is 0.287. The third-order valence-corrected chi connectivity index (χ3v) is 6.07. The van der Waals surface area contributed by atoms with Crippen LogP contribution in [-0.4, -0.2) is 63.4 Å². The fraction of sp³-hybridized carbons (Fsp3) is 0.250. The summed E-state index contributed by atoms with van der Waals surface area (Å²) in [6.45, 7) is 6.53. The van der Waals surface area contributed by atoms with Crippen LogP contribution in [0, 0.1) is 11.8 Å². The highest BCUT2D eigenvalue weighted by Crippen LogP contribution is 2.26. The largest absolute Gasteiger partial charge is 0.390 e. The van der Waals surface area contributed by atoms with Gasteiger partial charge in [-0.3, -0.25) is 9.89 Å². The van der Waals surface area contributed by atoms with Gasteiger partial charge in [0, 0.05) is 52.9 Å². The molecule has 5 N–H and O–H groups in total. The van der Waals surface area contributed by atoms with Gasteiger partial charge in [-0.25, -0.2) is 4.98 Å². The van der Waals surface area contributed by atoms with Crippen molar-refractivity contribution >= 4 is 22.5 Å². The summed E-state index contributed by atoms with van der Waals surface area (Å²) in [5.74, 6) is 6.40. The number of pyridine rings is 1. The van der Waals surface area contributed by atoms with Crippen molar-refractivity contribution in [2.75, 3.05) is 31.9 Å². The minimum atomic E-state index is -0.616. The summed E-state index contributed by atoms with van der Waals surface area (Å²) in [6, 6.07) is 14.9. The number of anilines is 1. The van der Waals surface area contributed by atoms with E-state index >= 15 is 0 Å². The number of fused-ring (bicyclic) bond motifs is 1. The third kappa shape index (κ3) is 5.89. The maximum Gasteiger partial charge on any atom is 0.251 e. The first kappa shape index (κ1) is 24.9. The number of likely N-dealkylation sites (N-methyl/N-ethyl adjacent to an activating group) is 1. The number of aliphatic hydroxyl groups excluding tert-OH is 1. The summed E-state index contributed by atoms with van der Waals surface area (Å²) in [6.07, 6.45) is 2.83. The van der Waals surface area contributed by atoms with E-state index in [0.29, 0.717) is 23.5 Å². The van der Waals surface area contributed by atoms with Crippen LogP contribution in [0.4, 0.5) is 5.82 Å². The number of rotatable bonds is 8. The van der Waals surface area contributed by atoms with Crippen molar-refractivity contribution in [2.24, 2.45) is 0 Å². The van der Waals surface area contributed by atoms with Gasteiger partial charge >= 0.3 is 0 Å². The Balaban J connectivity index is 1.46. The summed E-state index contributed by atoms with van der Waals surface area (Å²) in [7, 11) is 0. The molecule has 0 fully saturated rings. The van der Waals surface area contributed by atoms with E-state index in [1.807, 2.05) is 38.1 Å². The average Bonchev–Trinajstić information content (AvgIpc) is 3.45. The molecule has 36 heavy (non-hydrogen) atoms. The van der Waals surface area contributed by atoms with Gasteiger partial charge in [-0.05, 0) is 49.5 Å². The second-order valence-corrected chi connectivity index (χ2v) is 8.47. The number of carbonyl (C=O) groups excluding carboxylic acids is 1. The molecule has 0 saturated carbocycles. The van der Waals surface area contributed by atoms with Crippen molar-refractivity contribution in [2.45, 2.75) is 20.0 Å². The third-order valence-electron chi connectivity index (χ3n) is 6.07. The first-order valence-corrected chi connectivity index (χ1v) is 12.0. The molecule has 0 saturated heterocycles. The highest BCUT2D eigenvalue weighted by atomic mass is 16.3. The van der Waals surface area contributed by atoms with Crippen LogP contribution in [0.15, 0.2) is 60.9 Å². The lowest BCUT2D eigenvalue weighted by Gasteiger charge is -2.22. The van der Waals surface area contributed by atoms with Crippen LogP contribution in [0.1, 0.15) is 35.3 Å². The van der Waals surface area contributed by atoms with Crippen molar-refractivity contribution in [3.8, 4) is 23.1 Å². The van der Waals surface area contributed by atoms with E-state index in [-0.39, 0.29) is 12.5 Å². The zero-order chi connectivity index (χ0) is 25.5. The number of aliphatic hydroxyl groups is 1. The molecule has 0 spiro atoms. The Kier molecular flexibility index (Phi) is 7.95. The maximum atomic E-state index is 12.5. The predicted octanol–water partition coefficient (Wildman–Crippen LogP) is 3.04. The number of hydrogen-bond acceptors (Lipinski definition) is 6. The van der Waals surface area contributed by atoms with Crippen LogP contribution in [0.5, 0.6) is 0 Å². The fourth-order valence-electron chi connectivity index (χ4n) is 3.95. The summed E-state index contributed by atoms with van der Waals surface area (Å²) >= 11 is 0. The minimum absolute atomic E-state index is 0.201. The summed E-state index contributed by atoms with van der Waals surface area (Å²) in [4.78, 5) is 18.9. The second kappa shape index (κ2) is 11.5. The van der Waals surface area contributed by atoms with E-state index in [4.69, 9.17) is 5.73 Å². The van der Waals surface area contributed by atoms with Crippen LogP contribution in [0.25, 0.3) is 22.0 Å². The van der Waals surface area contributed by atoms with E-state index in [1.54, 1.807) is 36.7 Å². The number of nitrogens with two attached hydrogens (primary N) is 1. The molecule has 2 aromatic carbocycles. The van der Waals surface area contributed by atoms with Gasteiger partial charge in [0.1, 0.15) is 5.82 Å². The lowest BCUT2D eigenvalue weighted by molar-refractivity contribution is 0.0869. The SMILES string of the molecule is CCN(CC)CC(O)CNC(=O)c1ccc(C#Cc2c(N)ncc3cc(-c4ccn[nH]4)ccc23)cc1. The Hall–Kier alpha value is -4.19. The van der Waals surface area contributed by atoms with Gasteiger partial charge in [-0.1, -0.05) is 37.8 Å². The Morgan fingerprint density at radius 1 is 1.14 bits per heavy atom. The smallest absolute Gasteiger partial charge is 0.251 e. The van der Waals surface area contributed by atoms with Crippen molar-refractivity contribution in [3.63, 3.8) is 0 Å². The lowest BCUT2D eigenvalue weighted by Crippen LogP contribution is -2.40. The van der Waals surface area contributed by atoms with E-state index in [1.165, 1.54) is 0 Å². The topological polar surface area (TPSA) is 120 Å². The molecule has 8 nitrogen and oxygen atoms in total. The first-order chi connectivity index (χ1) is 17.5. The zero-order valence-electron chi connectivity index (χ0n) is 20.5. The molecular formula is C28H30N6O2. The van der Waals surface area contributed by atoms with Gasteiger partial charge in [0.25, 0.3) is 5.91 Å². The number of benzene rings is 2. The molecule has 0 aliphatic rings. The molecule has 1 amide bonds. The van der Waals surface area contributed by atoms with E-state index in [9.17, 15) is 9.90 Å². The number of nitrogens with zero attached hydrogens (tertiary/aromatic N) is 3. The normalized spacial score (nSPS) is 11.8. The Labute approximate surface area is 210 Å². The molecule has 0 bridgehead atoms. The number of hydrogen-bond donors (Lipinski definition) is 4. The van der Waals surface area contributed by atoms with Crippen molar-refractivity contribution in [3.05, 3.63) is 77.6 Å². The second-order valence-electron chi connectivity index (χ2n) is 8.47. The van der Waals surface area contributed by atoms with Crippen LogP contribution in [0.3, 0.4) is 0 Å². The Bertz CT molecular complexity index is 1380. The lowest BCUT2D eigenvalue weighted by atomic mass is 10.0. The maximum absolute atomic E-state index is 12.5. The standard InChI is InChI=1S/C28H30N6O2/c1-3-34(4-2)18-23(35)17-31-28(36)20-8-5-19(6-9-20)7-11-25-24-12-10-21(26-13-14-32-33-26)15-22(24)16-30-27(25)29/h5-6,8-10,12-16,23,35H,3-4,17-18H2,1-2H3,(H2,29,30)(H,31,36)(H,32,33).